The van der Waals surface area contributed by atoms with Gasteiger partial charge in [-0.3, -0.25) is 4.90 Å². The predicted octanol–water partition coefficient (Wildman–Crippen LogP) is 3.24. The molecule has 126 valence electrons. The molecule has 0 radical (unpaired) electrons. The van der Waals surface area contributed by atoms with E-state index in [1.165, 1.54) is 24.2 Å². The number of piperazine rings is 1. The molecule has 3 heteroatoms. The van der Waals surface area contributed by atoms with E-state index in [1.807, 2.05) is 0 Å². The quantitative estimate of drug-likeness (QED) is 0.815. The van der Waals surface area contributed by atoms with Crippen LogP contribution in [0.25, 0.3) is 5.52 Å². The number of nitrogens with one attached hydrogen (secondary N) is 1. The molecule has 3 heterocycles. The highest BCUT2D eigenvalue weighted by atomic mass is 15.2. The van der Waals surface area contributed by atoms with Gasteiger partial charge in [0.25, 0.3) is 0 Å². The maximum Gasteiger partial charge on any atom is 0.214 e. The van der Waals surface area contributed by atoms with Crippen molar-refractivity contribution in [2.45, 2.75) is 46.1 Å². The van der Waals surface area contributed by atoms with Gasteiger partial charge in [-0.15, -0.1) is 0 Å². The average Bonchev–Trinajstić information content (AvgIpc) is 2.55. The van der Waals surface area contributed by atoms with Crippen molar-refractivity contribution in [1.82, 2.24) is 10.2 Å². The Morgan fingerprint density at radius 2 is 1.65 bits per heavy atom. The lowest BCUT2D eigenvalue weighted by molar-refractivity contribution is -0.512. The number of rotatable bonds is 1. The molecule has 3 nitrogen and oxygen atoms in total. The molecular weight excluding hydrogens is 282 g/mol. The topological polar surface area (TPSA) is 19.4 Å². The van der Waals surface area contributed by atoms with Gasteiger partial charge in [-0.2, -0.15) is 4.40 Å². The molecule has 0 atom stereocenters. The highest BCUT2D eigenvalue weighted by Crippen LogP contribution is 2.16. The van der Waals surface area contributed by atoms with Crippen LogP contribution in [-0.4, -0.2) is 36.6 Å². The zero-order valence-corrected chi connectivity index (χ0v) is 15.3. The van der Waals surface area contributed by atoms with E-state index in [0.29, 0.717) is 11.5 Å². The summed E-state index contributed by atoms with van der Waals surface area (Å²) < 4.78 is 2.16. The first-order valence-electron chi connectivity index (χ1n) is 8.74. The van der Waals surface area contributed by atoms with Gasteiger partial charge in [-0.1, -0.05) is 13.8 Å². The maximum absolute atomic E-state index is 3.35. The van der Waals surface area contributed by atoms with Crippen LogP contribution in [0.2, 0.25) is 0 Å². The zero-order valence-electron chi connectivity index (χ0n) is 15.3. The Kier molecular flexibility index (Phi) is 6.14. The van der Waals surface area contributed by atoms with Crippen molar-refractivity contribution in [3.8, 4) is 0 Å². The van der Waals surface area contributed by atoms with Crippen LogP contribution in [0.5, 0.6) is 0 Å². The van der Waals surface area contributed by atoms with Gasteiger partial charge in [0, 0.05) is 55.5 Å². The van der Waals surface area contributed by atoms with Crippen LogP contribution >= 0.6 is 0 Å². The van der Waals surface area contributed by atoms with Crippen LogP contribution in [0, 0.1) is 0 Å². The van der Waals surface area contributed by atoms with Crippen molar-refractivity contribution in [3.05, 3.63) is 48.3 Å². The molecule has 1 saturated heterocycles. The lowest BCUT2D eigenvalue weighted by atomic mass is 10.0. The lowest BCUT2D eigenvalue weighted by Gasteiger charge is -2.38. The van der Waals surface area contributed by atoms with E-state index < -0.39 is 0 Å². The van der Waals surface area contributed by atoms with Gasteiger partial charge in [-0.25, -0.2) is 0 Å². The van der Waals surface area contributed by atoms with Gasteiger partial charge < -0.3 is 5.32 Å². The summed E-state index contributed by atoms with van der Waals surface area (Å²) >= 11 is 0. The number of nitrogens with zero attached hydrogens (tertiary/aromatic N) is 2. The molecular formula is C20H32N3+. The molecule has 0 aliphatic carbocycles. The van der Waals surface area contributed by atoms with Crippen LogP contribution < -0.4 is 9.72 Å². The van der Waals surface area contributed by atoms with Crippen LogP contribution in [-0.2, 0) is 0 Å². The fraction of sp³-hybridized carbons (Fsp3) is 0.550. The summed E-state index contributed by atoms with van der Waals surface area (Å²) in [5, 5.41) is 3.35. The van der Waals surface area contributed by atoms with Crippen LogP contribution in [0.1, 0.15) is 46.1 Å². The summed E-state index contributed by atoms with van der Waals surface area (Å²) in [6.45, 7) is 16.0. The largest absolute Gasteiger partial charge is 0.314 e. The van der Waals surface area contributed by atoms with Crippen molar-refractivity contribution in [2.75, 3.05) is 26.2 Å². The zero-order chi connectivity index (χ0) is 16.9. The second-order valence-electron chi connectivity index (χ2n) is 7.52. The van der Waals surface area contributed by atoms with Crippen LogP contribution in [0.15, 0.2) is 42.7 Å². The predicted molar refractivity (Wildman–Crippen MR) is 97.9 cm³/mol. The Morgan fingerprint density at radius 3 is 2.22 bits per heavy atom. The second kappa shape index (κ2) is 7.89. The van der Waals surface area contributed by atoms with Gasteiger partial charge in [0.05, 0.1) is 0 Å². The van der Waals surface area contributed by atoms with Crippen molar-refractivity contribution >= 4 is 5.52 Å². The minimum Gasteiger partial charge on any atom is -0.314 e. The molecule has 0 bridgehead atoms. The monoisotopic (exact) mass is 314 g/mol. The minimum atomic E-state index is 0.363. The van der Waals surface area contributed by atoms with E-state index in [4.69, 9.17) is 0 Å². The van der Waals surface area contributed by atoms with E-state index in [0.717, 1.165) is 13.1 Å². The summed E-state index contributed by atoms with van der Waals surface area (Å²) in [5.41, 5.74) is 3.07. The van der Waals surface area contributed by atoms with Gasteiger partial charge >= 0.3 is 0 Å². The van der Waals surface area contributed by atoms with Gasteiger partial charge in [-0.05, 0) is 38.8 Å². The molecule has 0 saturated carbocycles. The summed E-state index contributed by atoms with van der Waals surface area (Å²) in [5.74, 6) is 0.582. The SMILES string of the molecule is CC(C)(C)N1CCNCC1.CC(C)c1ccc[n+]2ccccc12. The Bertz CT molecular complexity index is 602. The minimum absolute atomic E-state index is 0.363. The maximum atomic E-state index is 3.35. The third-order valence-electron chi connectivity index (χ3n) is 4.40. The highest BCUT2D eigenvalue weighted by Gasteiger charge is 2.21. The first-order valence-corrected chi connectivity index (χ1v) is 8.74. The molecule has 2 aromatic rings. The fourth-order valence-electron chi connectivity index (χ4n) is 2.98. The highest BCUT2D eigenvalue weighted by molar-refractivity contribution is 5.48. The first kappa shape index (κ1) is 17.9. The standard InChI is InChI=1S/C12H14N.C8H18N2/c1-10(2)11-6-5-9-13-8-4-3-7-12(11)13;1-8(2,3)10-6-4-9-5-7-10/h3-10H,1-2H3;9H,4-7H2,1-3H3/q+1;. The van der Waals surface area contributed by atoms with E-state index >= 15 is 0 Å². The number of pyridine rings is 2. The van der Waals surface area contributed by atoms with Crippen molar-refractivity contribution < 1.29 is 4.40 Å². The molecule has 1 aliphatic rings. The Labute approximate surface area is 141 Å². The molecule has 0 unspecified atom stereocenters. The third-order valence-corrected chi connectivity index (χ3v) is 4.40. The summed E-state index contributed by atoms with van der Waals surface area (Å²) in [7, 11) is 0. The summed E-state index contributed by atoms with van der Waals surface area (Å²) in [6, 6.07) is 10.6. The van der Waals surface area contributed by atoms with Gasteiger partial charge in [0.1, 0.15) is 0 Å². The Morgan fingerprint density at radius 1 is 1.00 bits per heavy atom. The Balaban J connectivity index is 0.000000174. The molecule has 0 aromatic carbocycles. The smallest absolute Gasteiger partial charge is 0.214 e. The normalized spacial score (nSPS) is 16.3. The molecule has 23 heavy (non-hydrogen) atoms. The van der Waals surface area contributed by atoms with Crippen molar-refractivity contribution in [2.24, 2.45) is 0 Å². The summed E-state index contributed by atoms with van der Waals surface area (Å²) in [4.78, 5) is 2.52. The van der Waals surface area contributed by atoms with Crippen LogP contribution in [0.4, 0.5) is 0 Å². The third kappa shape index (κ3) is 5.02. The van der Waals surface area contributed by atoms with Gasteiger partial charge in [0.2, 0.25) is 5.52 Å². The second-order valence-corrected chi connectivity index (χ2v) is 7.52. The van der Waals surface area contributed by atoms with Gasteiger partial charge in [0.15, 0.2) is 12.4 Å². The van der Waals surface area contributed by atoms with Crippen LogP contribution in [0.3, 0.4) is 0 Å². The van der Waals surface area contributed by atoms with E-state index in [1.54, 1.807) is 0 Å². The molecule has 1 N–H and O–H groups in total. The molecule has 0 spiro atoms. The van der Waals surface area contributed by atoms with Crippen molar-refractivity contribution in [3.63, 3.8) is 0 Å². The van der Waals surface area contributed by atoms with E-state index in [-0.39, 0.29) is 0 Å². The number of aromatic nitrogens is 1. The van der Waals surface area contributed by atoms with E-state index in [9.17, 15) is 0 Å². The first-order chi connectivity index (χ1) is 10.9. The molecule has 0 amide bonds. The number of hydrogen-bond acceptors (Lipinski definition) is 2. The Hall–Kier alpha value is -1.45. The summed E-state index contributed by atoms with van der Waals surface area (Å²) in [6.07, 6.45) is 4.17. The van der Waals surface area contributed by atoms with Crippen molar-refractivity contribution in [1.29, 1.82) is 0 Å². The molecule has 2 aromatic heterocycles. The number of fused-ring (bicyclic) bond motifs is 1. The molecule has 3 rings (SSSR count). The fourth-order valence-corrected chi connectivity index (χ4v) is 2.98. The molecule has 1 fully saturated rings. The average molecular weight is 314 g/mol. The van der Waals surface area contributed by atoms with E-state index in [2.05, 4.69) is 92.0 Å². The lowest BCUT2D eigenvalue weighted by Crippen LogP contribution is -2.51. The number of hydrogen-bond donors (Lipinski definition) is 1. The molecule has 1 aliphatic heterocycles.